The lowest BCUT2D eigenvalue weighted by atomic mass is 9.94. The molecule has 0 spiro atoms. The van der Waals surface area contributed by atoms with Crippen molar-refractivity contribution in [3.05, 3.63) is 200 Å². The molecule has 0 N–H and O–H groups in total. The summed E-state index contributed by atoms with van der Waals surface area (Å²) in [6.45, 7) is 0. The van der Waals surface area contributed by atoms with Crippen molar-refractivity contribution in [2.24, 2.45) is 0 Å². The standard InChI is InChI=1S/C53H33N3/c1-3-12-34(13-4-1)50-44-20-9-7-16-38(44)32-42-24-27-47(55-52(42)50)40-19-11-18-36(30-40)37-22-26-46-41(31-37)23-28-48(54-46)49-29-25-43-33-39-17-8-10-21-45(39)51(53(43)56-49)35-14-5-2-6-15-35/h1-33H. The maximum Gasteiger partial charge on any atom is 0.0894 e. The van der Waals surface area contributed by atoms with Gasteiger partial charge in [0, 0.05) is 32.8 Å². The number of hydrogen-bond donors (Lipinski definition) is 0. The quantitative estimate of drug-likeness (QED) is 0.167. The molecule has 0 saturated carbocycles. The number of rotatable bonds is 5. The molecule has 0 radical (unpaired) electrons. The summed E-state index contributed by atoms with van der Waals surface area (Å²) in [6.07, 6.45) is 0. The van der Waals surface area contributed by atoms with E-state index in [2.05, 4.69) is 200 Å². The van der Waals surface area contributed by atoms with E-state index in [1.165, 1.54) is 32.7 Å². The van der Waals surface area contributed by atoms with Gasteiger partial charge in [-0.25, -0.2) is 15.0 Å². The van der Waals surface area contributed by atoms with Gasteiger partial charge in [-0.3, -0.25) is 0 Å². The molecule has 0 aliphatic rings. The summed E-state index contributed by atoms with van der Waals surface area (Å²) in [5, 5.41) is 8.15. The van der Waals surface area contributed by atoms with Crippen LogP contribution in [0.15, 0.2) is 200 Å². The molecule has 0 aliphatic heterocycles. The number of pyridine rings is 3. The van der Waals surface area contributed by atoms with E-state index in [0.717, 1.165) is 77.6 Å². The van der Waals surface area contributed by atoms with Crippen molar-refractivity contribution in [3.8, 4) is 56.0 Å². The number of nitrogens with zero attached hydrogens (tertiary/aromatic N) is 3. The third-order valence-corrected chi connectivity index (χ3v) is 11.0. The molecule has 3 heterocycles. The van der Waals surface area contributed by atoms with E-state index < -0.39 is 0 Å². The molecule has 0 saturated heterocycles. The third-order valence-electron chi connectivity index (χ3n) is 11.0. The first-order valence-corrected chi connectivity index (χ1v) is 19.0. The predicted molar refractivity (Wildman–Crippen MR) is 235 cm³/mol. The lowest BCUT2D eigenvalue weighted by Crippen LogP contribution is -1.93. The van der Waals surface area contributed by atoms with Gasteiger partial charge in [0.2, 0.25) is 0 Å². The molecule has 11 aromatic rings. The number of hydrogen-bond acceptors (Lipinski definition) is 3. The second-order valence-corrected chi connectivity index (χ2v) is 14.4. The summed E-state index contributed by atoms with van der Waals surface area (Å²) < 4.78 is 0. The lowest BCUT2D eigenvalue weighted by Gasteiger charge is -2.13. The Balaban J connectivity index is 0.964. The van der Waals surface area contributed by atoms with Gasteiger partial charge in [0.05, 0.1) is 33.6 Å². The molecule has 0 atom stereocenters. The van der Waals surface area contributed by atoms with E-state index in [0.29, 0.717) is 0 Å². The molecule has 260 valence electrons. The van der Waals surface area contributed by atoms with Crippen LogP contribution in [0.1, 0.15) is 0 Å². The molecule has 0 amide bonds. The van der Waals surface area contributed by atoms with Crippen LogP contribution in [0.3, 0.4) is 0 Å². The largest absolute Gasteiger partial charge is 0.247 e. The molecule has 0 bridgehead atoms. The summed E-state index contributed by atoms with van der Waals surface area (Å²) in [5.74, 6) is 0. The molecule has 3 nitrogen and oxygen atoms in total. The first kappa shape index (κ1) is 32.0. The molecule has 0 fully saturated rings. The van der Waals surface area contributed by atoms with Crippen LogP contribution in [-0.2, 0) is 0 Å². The van der Waals surface area contributed by atoms with Gasteiger partial charge >= 0.3 is 0 Å². The monoisotopic (exact) mass is 711 g/mol. The minimum absolute atomic E-state index is 0.853. The van der Waals surface area contributed by atoms with Crippen LogP contribution in [-0.4, -0.2) is 15.0 Å². The van der Waals surface area contributed by atoms with Crippen molar-refractivity contribution in [2.45, 2.75) is 0 Å². The maximum absolute atomic E-state index is 5.34. The van der Waals surface area contributed by atoms with E-state index in [9.17, 15) is 0 Å². The van der Waals surface area contributed by atoms with E-state index in [1.54, 1.807) is 0 Å². The second-order valence-electron chi connectivity index (χ2n) is 14.4. The van der Waals surface area contributed by atoms with Crippen LogP contribution in [0.25, 0.3) is 110 Å². The number of aromatic nitrogens is 3. The first-order chi connectivity index (χ1) is 27.7. The van der Waals surface area contributed by atoms with Crippen LogP contribution in [0.2, 0.25) is 0 Å². The average Bonchev–Trinajstić information content (AvgIpc) is 3.27. The summed E-state index contributed by atoms with van der Waals surface area (Å²) in [5.41, 5.74) is 13.6. The normalized spacial score (nSPS) is 11.6. The van der Waals surface area contributed by atoms with Crippen molar-refractivity contribution in [3.63, 3.8) is 0 Å². The zero-order chi connectivity index (χ0) is 37.0. The minimum Gasteiger partial charge on any atom is -0.247 e. The predicted octanol–water partition coefficient (Wildman–Crippen LogP) is 14.0. The maximum atomic E-state index is 5.34. The van der Waals surface area contributed by atoms with Gasteiger partial charge in [0.15, 0.2) is 0 Å². The fourth-order valence-electron chi connectivity index (χ4n) is 8.27. The smallest absolute Gasteiger partial charge is 0.0894 e. The van der Waals surface area contributed by atoms with Gasteiger partial charge in [-0.05, 0) is 92.3 Å². The molecule has 8 aromatic carbocycles. The van der Waals surface area contributed by atoms with Gasteiger partial charge in [-0.15, -0.1) is 0 Å². The van der Waals surface area contributed by atoms with Crippen molar-refractivity contribution in [2.75, 3.05) is 0 Å². The average molecular weight is 712 g/mol. The van der Waals surface area contributed by atoms with Crippen LogP contribution in [0.4, 0.5) is 0 Å². The minimum atomic E-state index is 0.853. The van der Waals surface area contributed by atoms with Gasteiger partial charge < -0.3 is 0 Å². The number of fused-ring (bicyclic) bond motifs is 5. The van der Waals surface area contributed by atoms with E-state index in [-0.39, 0.29) is 0 Å². The Morgan fingerprint density at radius 2 is 0.732 bits per heavy atom. The highest BCUT2D eigenvalue weighted by Gasteiger charge is 2.15. The molecule has 0 aliphatic carbocycles. The fraction of sp³-hybridized carbons (Fsp3) is 0. The highest BCUT2D eigenvalue weighted by molar-refractivity contribution is 6.12. The van der Waals surface area contributed by atoms with Crippen molar-refractivity contribution in [1.82, 2.24) is 15.0 Å². The van der Waals surface area contributed by atoms with Crippen LogP contribution < -0.4 is 0 Å². The SMILES string of the molecule is c1ccc(-c2c3ccccc3cc3ccc(-c4cccc(-c5ccc6nc(-c7ccc8cc9ccccc9c(-c9ccccc9)c8n7)ccc6c5)c4)nc23)cc1. The summed E-state index contributed by atoms with van der Waals surface area (Å²) in [7, 11) is 0. The summed E-state index contributed by atoms with van der Waals surface area (Å²) >= 11 is 0. The molecule has 3 aromatic heterocycles. The zero-order valence-electron chi connectivity index (χ0n) is 30.4. The molecule has 11 rings (SSSR count). The number of benzene rings is 8. The van der Waals surface area contributed by atoms with Gasteiger partial charge in [-0.2, -0.15) is 0 Å². The van der Waals surface area contributed by atoms with Crippen LogP contribution in [0.5, 0.6) is 0 Å². The fourth-order valence-corrected chi connectivity index (χ4v) is 8.27. The van der Waals surface area contributed by atoms with E-state index in [1.807, 2.05) is 0 Å². The summed E-state index contributed by atoms with van der Waals surface area (Å²) in [4.78, 5) is 15.7. The molecular weight excluding hydrogens is 679 g/mol. The second kappa shape index (κ2) is 13.1. The van der Waals surface area contributed by atoms with Crippen LogP contribution in [0, 0.1) is 0 Å². The summed E-state index contributed by atoms with van der Waals surface area (Å²) in [6, 6.07) is 70.9. The molecule has 0 unspecified atom stereocenters. The molecule has 3 heteroatoms. The molecule has 56 heavy (non-hydrogen) atoms. The Hall–Kier alpha value is -7.49. The zero-order valence-corrected chi connectivity index (χ0v) is 30.4. The van der Waals surface area contributed by atoms with Gasteiger partial charge in [-0.1, -0.05) is 152 Å². The Morgan fingerprint density at radius 3 is 1.38 bits per heavy atom. The van der Waals surface area contributed by atoms with Crippen molar-refractivity contribution >= 4 is 54.3 Å². The van der Waals surface area contributed by atoms with Crippen molar-refractivity contribution in [1.29, 1.82) is 0 Å². The van der Waals surface area contributed by atoms with E-state index >= 15 is 0 Å². The Morgan fingerprint density at radius 1 is 0.250 bits per heavy atom. The van der Waals surface area contributed by atoms with E-state index in [4.69, 9.17) is 15.0 Å². The third kappa shape index (κ3) is 5.49. The highest BCUT2D eigenvalue weighted by Crippen LogP contribution is 2.39. The Kier molecular flexibility index (Phi) is 7.49. The van der Waals surface area contributed by atoms with Crippen LogP contribution >= 0.6 is 0 Å². The van der Waals surface area contributed by atoms with Crippen molar-refractivity contribution < 1.29 is 0 Å². The highest BCUT2D eigenvalue weighted by atomic mass is 14.8. The van der Waals surface area contributed by atoms with Gasteiger partial charge in [0.25, 0.3) is 0 Å². The first-order valence-electron chi connectivity index (χ1n) is 19.0. The lowest BCUT2D eigenvalue weighted by molar-refractivity contribution is 1.32. The Bertz CT molecular complexity index is 3300. The van der Waals surface area contributed by atoms with Gasteiger partial charge in [0.1, 0.15) is 0 Å². The Labute approximate surface area is 324 Å². The molecular formula is C53H33N3. The topological polar surface area (TPSA) is 38.7 Å².